The molecule has 0 saturated heterocycles. The lowest BCUT2D eigenvalue weighted by molar-refractivity contribution is 0.562. The minimum Gasteiger partial charge on any atom is -0.211 e. The van der Waals surface area contributed by atoms with Crippen LogP contribution in [0.2, 0.25) is 0 Å². The van der Waals surface area contributed by atoms with Crippen LogP contribution in [0.3, 0.4) is 0 Å². The molecule has 0 bridgehead atoms. The van der Waals surface area contributed by atoms with Gasteiger partial charge in [0.1, 0.15) is 0 Å². The number of aliphatic imine (C=N–C) groups is 1. The van der Waals surface area contributed by atoms with Crippen molar-refractivity contribution < 1.29 is 4.79 Å². The van der Waals surface area contributed by atoms with Gasteiger partial charge in [-0.1, -0.05) is 39.7 Å². The number of alkyl halides is 1. The van der Waals surface area contributed by atoms with Gasteiger partial charge in [0.25, 0.3) is 0 Å². The molecular formula is C8H5BrClNO. The molecule has 12 heavy (non-hydrogen) atoms. The van der Waals surface area contributed by atoms with Gasteiger partial charge in [0, 0.05) is 4.47 Å². The molecule has 0 aliphatic carbocycles. The van der Waals surface area contributed by atoms with E-state index in [9.17, 15) is 4.79 Å². The first-order chi connectivity index (χ1) is 5.74. The summed E-state index contributed by atoms with van der Waals surface area (Å²) in [5.41, 5.74) is 0.134. The van der Waals surface area contributed by atoms with Crippen molar-refractivity contribution in [1.82, 2.24) is 0 Å². The standard InChI is InChI=1S/C8H5BrClNO/c9-7-3-1-2-6(4-7)8(10)11-5-12/h1-4,8H. The van der Waals surface area contributed by atoms with Gasteiger partial charge in [-0.2, -0.15) is 4.99 Å². The third-order valence-corrected chi connectivity index (χ3v) is 2.13. The Bertz CT molecular complexity index is 323. The molecule has 1 rings (SSSR count). The van der Waals surface area contributed by atoms with Crippen LogP contribution in [0.5, 0.6) is 0 Å². The summed E-state index contributed by atoms with van der Waals surface area (Å²) in [6.45, 7) is 0. The van der Waals surface area contributed by atoms with E-state index in [0.717, 1.165) is 10.0 Å². The zero-order chi connectivity index (χ0) is 8.97. The minimum absolute atomic E-state index is 0.639. The Labute approximate surface area is 83.4 Å². The fourth-order valence-corrected chi connectivity index (χ4v) is 1.37. The summed E-state index contributed by atoms with van der Waals surface area (Å²) in [6.07, 6.45) is 1.41. The summed E-state index contributed by atoms with van der Waals surface area (Å²) in [7, 11) is 0. The molecule has 0 saturated carbocycles. The van der Waals surface area contributed by atoms with Crippen LogP contribution in [0, 0.1) is 0 Å². The largest absolute Gasteiger partial charge is 0.236 e. The quantitative estimate of drug-likeness (QED) is 0.341. The van der Waals surface area contributed by atoms with Gasteiger partial charge >= 0.3 is 0 Å². The fourth-order valence-electron chi connectivity index (χ4n) is 0.776. The summed E-state index contributed by atoms with van der Waals surface area (Å²) in [4.78, 5) is 13.3. The third kappa shape index (κ3) is 2.45. The number of rotatable bonds is 2. The molecule has 62 valence electrons. The Hall–Kier alpha value is -0.630. The molecule has 1 aromatic rings. The minimum atomic E-state index is -0.639. The number of benzene rings is 1. The molecule has 0 fully saturated rings. The van der Waals surface area contributed by atoms with Crippen LogP contribution in [-0.2, 0) is 4.79 Å². The molecule has 1 atom stereocenters. The first kappa shape index (κ1) is 9.46. The lowest BCUT2D eigenvalue weighted by Gasteiger charge is -2.01. The van der Waals surface area contributed by atoms with Crippen molar-refractivity contribution in [2.45, 2.75) is 5.50 Å². The van der Waals surface area contributed by atoms with Crippen molar-refractivity contribution in [1.29, 1.82) is 0 Å². The maximum absolute atomic E-state index is 9.89. The fraction of sp³-hybridized carbons (Fsp3) is 0.125. The Kier molecular flexibility index (Phi) is 3.48. The highest BCUT2D eigenvalue weighted by atomic mass is 79.9. The van der Waals surface area contributed by atoms with Crippen LogP contribution < -0.4 is 0 Å². The van der Waals surface area contributed by atoms with Crippen LogP contribution in [0.25, 0.3) is 0 Å². The molecule has 1 unspecified atom stereocenters. The summed E-state index contributed by atoms with van der Waals surface area (Å²) in [5.74, 6) is 0. The second-order valence-electron chi connectivity index (χ2n) is 2.11. The summed E-state index contributed by atoms with van der Waals surface area (Å²) in [6, 6.07) is 7.30. The number of hydrogen-bond acceptors (Lipinski definition) is 2. The second-order valence-corrected chi connectivity index (χ2v) is 3.44. The van der Waals surface area contributed by atoms with Crippen molar-refractivity contribution in [3.63, 3.8) is 0 Å². The summed E-state index contributed by atoms with van der Waals surface area (Å²) >= 11 is 9.01. The molecule has 1 aromatic carbocycles. The van der Waals surface area contributed by atoms with Crippen molar-refractivity contribution >= 4 is 33.6 Å². The van der Waals surface area contributed by atoms with Crippen molar-refractivity contribution in [3.05, 3.63) is 34.3 Å². The highest BCUT2D eigenvalue weighted by Crippen LogP contribution is 2.23. The molecule has 0 radical (unpaired) electrons. The van der Waals surface area contributed by atoms with Gasteiger partial charge in [-0.05, 0) is 17.7 Å². The predicted octanol–water partition coefficient (Wildman–Crippen LogP) is 3.02. The molecule has 0 amide bonds. The van der Waals surface area contributed by atoms with Crippen molar-refractivity contribution in [2.24, 2.45) is 4.99 Å². The van der Waals surface area contributed by atoms with E-state index in [1.807, 2.05) is 12.1 Å². The van der Waals surface area contributed by atoms with Crippen LogP contribution in [0.15, 0.2) is 33.7 Å². The molecule has 2 nitrogen and oxygen atoms in total. The Morgan fingerprint density at radius 1 is 1.58 bits per heavy atom. The van der Waals surface area contributed by atoms with Crippen LogP contribution in [0.1, 0.15) is 11.1 Å². The normalized spacial score (nSPS) is 11.8. The smallest absolute Gasteiger partial charge is 0.211 e. The van der Waals surface area contributed by atoms with Gasteiger partial charge in [-0.3, -0.25) is 0 Å². The predicted molar refractivity (Wildman–Crippen MR) is 50.9 cm³/mol. The Morgan fingerprint density at radius 3 is 2.92 bits per heavy atom. The molecular weight excluding hydrogens is 241 g/mol. The number of halogens is 2. The van der Waals surface area contributed by atoms with E-state index < -0.39 is 5.50 Å². The van der Waals surface area contributed by atoms with Gasteiger partial charge in [0.05, 0.1) is 0 Å². The molecule has 0 spiro atoms. The summed E-state index contributed by atoms with van der Waals surface area (Å²) in [5, 5.41) is 0. The average Bonchev–Trinajstić information content (AvgIpc) is 2.05. The SMILES string of the molecule is O=C=NC(Cl)c1cccc(Br)c1. The maximum atomic E-state index is 9.89. The number of isocyanates is 1. The molecule has 0 N–H and O–H groups in total. The zero-order valence-electron chi connectivity index (χ0n) is 6.00. The van der Waals surface area contributed by atoms with E-state index in [2.05, 4.69) is 20.9 Å². The second kappa shape index (κ2) is 4.41. The van der Waals surface area contributed by atoms with Gasteiger partial charge < -0.3 is 0 Å². The highest BCUT2D eigenvalue weighted by Gasteiger charge is 2.04. The number of nitrogens with zero attached hydrogens (tertiary/aromatic N) is 1. The highest BCUT2D eigenvalue weighted by molar-refractivity contribution is 9.10. The number of hydrogen-bond donors (Lipinski definition) is 0. The van der Waals surface area contributed by atoms with E-state index >= 15 is 0 Å². The molecule has 0 heterocycles. The Morgan fingerprint density at radius 2 is 2.33 bits per heavy atom. The van der Waals surface area contributed by atoms with E-state index in [1.165, 1.54) is 6.08 Å². The van der Waals surface area contributed by atoms with Gasteiger partial charge in [0.15, 0.2) is 5.50 Å². The van der Waals surface area contributed by atoms with Crippen molar-refractivity contribution in [3.8, 4) is 0 Å². The van der Waals surface area contributed by atoms with Crippen LogP contribution in [-0.4, -0.2) is 6.08 Å². The van der Waals surface area contributed by atoms with E-state index in [1.54, 1.807) is 12.1 Å². The first-order valence-electron chi connectivity index (χ1n) is 3.20. The van der Waals surface area contributed by atoms with Gasteiger partial charge in [-0.25, -0.2) is 4.79 Å². The lowest BCUT2D eigenvalue weighted by atomic mass is 10.2. The van der Waals surface area contributed by atoms with E-state index in [4.69, 9.17) is 11.6 Å². The van der Waals surface area contributed by atoms with Crippen LogP contribution >= 0.6 is 27.5 Å². The molecule has 4 heteroatoms. The molecule has 0 aliphatic heterocycles. The van der Waals surface area contributed by atoms with Crippen molar-refractivity contribution in [2.75, 3.05) is 0 Å². The molecule has 0 aliphatic rings. The van der Waals surface area contributed by atoms with Gasteiger partial charge in [0.2, 0.25) is 6.08 Å². The average molecular weight is 246 g/mol. The van der Waals surface area contributed by atoms with E-state index in [0.29, 0.717) is 0 Å². The topological polar surface area (TPSA) is 29.4 Å². The molecule has 0 aromatic heterocycles. The maximum Gasteiger partial charge on any atom is 0.236 e. The lowest BCUT2D eigenvalue weighted by Crippen LogP contribution is -1.84. The number of carbonyl (C=O) groups excluding carboxylic acids is 1. The van der Waals surface area contributed by atoms with Crippen LogP contribution in [0.4, 0.5) is 0 Å². The Balaban J connectivity index is 2.94. The third-order valence-electron chi connectivity index (χ3n) is 1.29. The monoisotopic (exact) mass is 245 g/mol. The van der Waals surface area contributed by atoms with Gasteiger partial charge in [-0.15, -0.1) is 0 Å². The first-order valence-corrected chi connectivity index (χ1v) is 4.43. The summed E-state index contributed by atoms with van der Waals surface area (Å²) < 4.78 is 0.909. The van der Waals surface area contributed by atoms with E-state index in [-0.39, 0.29) is 0 Å². The zero-order valence-corrected chi connectivity index (χ0v) is 8.34.